The van der Waals surface area contributed by atoms with Gasteiger partial charge in [0, 0.05) is 4.91 Å². The number of ether oxygens (including phenoxy) is 14. The average molecular weight is 2010 g/mol. The summed E-state index contributed by atoms with van der Waals surface area (Å²) in [5, 5.41) is 17.4. The van der Waals surface area contributed by atoms with Gasteiger partial charge in [-0.2, -0.15) is 0 Å². The Morgan fingerprint density at radius 2 is 0.695 bits per heavy atom. The van der Waals surface area contributed by atoms with Crippen LogP contribution in [0.1, 0.15) is 120 Å². The van der Waals surface area contributed by atoms with Crippen molar-refractivity contribution in [3.8, 4) is 0 Å². The third-order valence-electron chi connectivity index (χ3n) is 27.5. The first-order chi connectivity index (χ1) is 67.8. The number of methoxy groups -OCH3 is 1. The van der Waals surface area contributed by atoms with E-state index in [0.29, 0.717) is 14.1 Å². The molecule has 40 heteroatoms. The summed E-state index contributed by atoms with van der Waals surface area (Å²) in [6, 6.07) is 74.5. The zero-order valence-corrected chi connectivity index (χ0v) is 87.6. The maximum atomic E-state index is 15.3. The van der Waals surface area contributed by atoms with Crippen molar-refractivity contribution in [1.29, 1.82) is 0 Å². The summed E-state index contributed by atoms with van der Waals surface area (Å²) in [4.78, 5) is 52.6. The number of esters is 3. The van der Waals surface area contributed by atoms with E-state index in [1.54, 1.807) is 44.2 Å². The Morgan fingerprint density at radius 3 is 1.11 bits per heavy atom. The zero-order valence-electron chi connectivity index (χ0n) is 82.6. The van der Waals surface area contributed by atoms with Gasteiger partial charge in [0.05, 0.1) is 6.61 Å². The standard InChI is InChI=1S/C101H127B4N9O22P2Si3/c1-63-77(60-124-139(99(7,8)9,71-45-29-19-30-46-71)72-47-31-20-32-48-72)127-97(83(110-113-107)91(63)137-104-102-118)133-86-65(3)88(132-93(117)70-43-27-18-28-44-70)98(131-78(86)58-121-67(5)115)134-85-64(2)82(109-112-106)96(130-80(85)61-125-140(100(10,11)12,73-49-33-21-34-50-73)74-51-35-22-36-52-74)135-89-79(59-122-68(6)116)128-94(66(4)87(89)123-57-69-41-25-17-26-42-69)136-90-81(129-95(120-16)84(111-114-108)92(90)138-105-103-119)62-126-141(101(13,14)15,75-53-37-23-38-54-75)76-55-39-24-40-56-76/h17-56,63-66,77-92,94-98,137-138H,57-62H2,1-16H3/t63-,64-,65+,66+,77?,78?,79?,80?,81?,82?,83?,84?,85+,86+,87?,88?,89-,90-,91+,92-,94+,95+,96+,97+,98+/m1/s1. The molecule has 0 N–H and O–H groups in total. The Morgan fingerprint density at radius 1 is 0.369 bits per heavy atom. The van der Waals surface area contributed by atoms with Gasteiger partial charge < -0.3 is 4.43 Å². The summed E-state index contributed by atoms with van der Waals surface area (Å²) in [5.74, 6) is -5.60. The van der Waals surface area contributed by atoms with E-state index in [-0.39, 0.29) is 48.9 Å². The summed E-state index contributed by atoms with van der Waals surface area (Å²) >= 11 is 0. The van der Waals surface area contributed by atoms with E-state index in [1.807, 2.05) is 178 Å². The van der Waals surface area contributed by atoms with Crippen LogP contribution in [0.25, 0.3) is 31.3 Å². The molecule has 0 bridgehead atoms. The van der Waals surface area contributed by atoms with E-state index >= 15 is 4.79 Å². The predicted octanol–water partition coefficient (Wildman–Crippen LogP) is 14.3. The first-order valence-electron chi connectivity index (χ1n) is 47.9. The van der Waals surface area contributed by atoms with Crippen molar-refractivity contribution in [3.63, 3.8) is 0 Å². The fourth-order valence-corrected chi connectivity index (χ4v) is 36.8. The molecule has 8 aromatic rings. The summed E-state index contributed by atoms with van der Waals surface area (Å²) in [5.41, 5.74) is 31.8. The van der Waals surface area contributed by atoms with Gasteiger partial charge in [-0.25, -0.2) is 0 Å². The number of carbonyl (C=O) groups excluding carboxylic acids is 3. The first-order valence-corrected chi connectivity index (χ1v) is 55.9. The van der Waals surface area contributed by atoms with Crippen molar-refractivity contribution < 1.29 is 103 Å². The Hall–Kier alpha value is -9.09. The monoisotopic (exact) mass is 2010 g/mol. The van der Waals surface area contributed by atoms with Gasteiger partial charge in [-0.3, -0.25) is 0 Å². The second-order valence-corrected chi connectivity index (χ2v) is 55.0. The fourth-order valence-electron chi connectivity index (χ4n) is 20.6. The van der Waals surface area contributed by atoms with E-state index in [1.165, 1.54) is 34.7 Å². The van der Waals surface area contributed by atoms with Crippen LogP contribution in [0.15, 0.2) is 258 Å². The van der Waals surface area contributed by atoms with Crippen LogP contribution in [0.4, 0.5) is 0 Å². The molecule has 742 valence electrons. The third kappa shape index (κ3) is 25.2. The van der Waals surface area contributed by atoms with Gasteiger partial charge in [0.1, 0.15) is 6.10 Å². The number of benzene rings is 8. The molecule has 5 aliphatic heterocycles. The van der Waals surface area contributed by atoms with Gasteiger partial charge in [-0.05, 0) is 39.0 Å². The number of carbonyl (C=O) groups is 3. The molecule has 13 rings (SSSR count). The van der Waals surface area contributed by atoms with Crippen molar-refractivity contribution in [3.05, 3.63) is 285 Å². The molecule has 5 saturated heterocycles. The normalized spacial score (nSPS) is 28.4. The van der Waals surface area contributed by atoms with Gasteiger partial charge in [0.15, 0.2) is 0 Å². The van der Waals surface area contributed by atoms with Crippen molar-refractivity contribution in [2.75, 3.05) is 40.1 Å². The minimum atomic E-state index is -3.64. The van der Waals surface area contributed by atoms with E-state index < -0.39 is 223 Å². The van der Waals surface area contributed by atoms with Gasteiger partial charge >= 0.3 is 641 Å². The van der Waals surface area contributed by atoms with Crippen molar-refractivity contribution in [1.82, 2.24) is 0 Å². The van der Waals surface area contributed by atoms with Crippen molar-refractivity contribution in [2.45, 2.75) is 254 Å². The number of hydrogen-bond donors (Lipinski definition) is 0. The molecule has 12 unspecified atom stereocenters. The number of hydrogen-bond acceptors (Lipinski definition) is 25. The van der Waals surface area contributed by atoms with Crippen LogP contribution < -0.4 is 31.1 Å². The molecule has 5 fully saturated rings. The van der Waals surface area contributed by atoms with Crippen LogP contribution in [0, 0.1) is 23.7 Å². The minimum absolute atomic E-state index is 0.00944. The molecule has 27 atom stereocenters. The van der Waals surface area contributed by atoms with Crippen LogP contribution in [-0.4, -0.2) is 239 Å². The maximum absolute atomic E-state index is 15.3. The molecule has 31 nitrogen and oxygen atoms in total. The molecule has 0 aromatic heterocycles. The second-order valence-electron chi connectivity index (χ2n) is 39.4. The van der Waals surface area contributed by atoms with E-state index in [0.717, 1.165) is 36.7 Å². The summed E-state index contributed by atoms with van der Waals surface area (Å²) in [6.07, 6.45) is -20.8. The summed E-state index contributed by atoms with van der Waals surface area (Å²) < 4.78 is 147. The van der Waals surface area contributed by atoms with E-state index in [2.05, 4.69) is 141 Å². The molecule has 5 aliphatic rings. The SMILES string of the molecule is CO[C@H]1OC(CO[Si](c2ccccc2)(c2ccccc2)C(C)(C)C)[C@@H](O[C@@H]2OC(COC(C)=O)[C@@H](O[C@@H]3OC(CO[Si](c4ccccc4)(c4ccccc4)C(C)(C)C)[C@@H](O[C@@H]4OC(COC(C)=O)[C@@H](O[C@@H]5OC(CO[Si](c6ccccc6)(c6ccccc6)C(C)(C)C)[C@@H](C)[C@H](P[B]B=O)C5N=[N+]=[N-])[C@H](C)C4OC(=O)c4ccccc4)[C@H](C)C3N=[N+]=[N-])C(OCc3ccccc3)[C@@H]2C)[C@H](P[B]B=O)C1N=[N+]=[N-]. The quantitative estimate of drug-likeness (QED) is 0.00652. The second kappa shape index (κ2) is 50.1. The zero-order chi connectivity index (χ0) is 101. The summed E-state index contributed by atoms with van der Waals surface area (Å²) in [7, 11) is -8.06. The van der Waals surface area contributed by atoms with Gasteiger partial charge in [-0.1, -0.05) is 130 Å². The molecular formula is C101H127B4N9O22P2Si3. The van der Waals surface area contributed by atoms with Crippen LogP contribution in [0.3, 0.4) is 0 Å². The van der Waals surface area contributed by atoms with Crippen LogP contribution in [0.5, 0.6) is 0 Å². The fraction of sp³-hybridized carbons (Fsp3) is 0.495. The van der Waals surface area contributed by atoms with Crippen molar-refractivity contribution >= 4 is 119 Å². The van der Waals surface area contributed by atoms with Crippen LogP contribution in [-0.2, 0) is 105 Å². The molecule has 0 aliphatic carbocycles. The van der Waals surface area contributed by atoms with Gasteiger partial charge in [-0.15, -0.1) is 0 Å². The molecule has 141 heavy (non-hydrogen) atoms. The Labute approximate surface area is 834 Å². The molecule has 2 radical (unpaired) electrons. The van der Waals surface area contributed by atoms with Gasteiger partial charge in [0.2, 0.25) is 0 Å². The van der Waals surface area contributed by atoms with Gasteiger partial charge in [0.25, 0.3) is 8.32 Å². The first kappa shape index (κ1) is 109. The molecular weight excluding hydrogens is 1880 g/mol. The van der Waals surface area contributed by atoms with Crippen LogP contribution in [0.2, 0.25) is 15.1 Å². The average Bonchev–Trinajstić information content (AvgIpc) is 0.750. The molecule has 5 heterocycles. The third-order valence-corrected chi connectivity index (χ3v) is 45.4. The molecule has 0 amide bonds. The molecule has 0 saturated carbocycles. The van der Waals surface area contributed by atoms with E-state index in [9.17, 15) is 35.6 Å². The Balaban J connectivity index is 0.915. The Kier molecular flexibility index (Phi) is 38.8. The van der Waals surface area contributed by atoms with Crippen LogP contribution >= 0.6 is 16.9 Å². The topological polar surface area (TPSA) is 389 Å². The Bertz CT molecular complexity index is 5400. The summed E-state index contributed by atoms with van der Waals surface area (Å²) in [6.45, 7) is 30.7. The molecule has 8 aromatic carbocycles. The number of azide groups is 3. The predicted molar refractivity (Wildman–Crippen MR) is 549 cm³/mol. The van der Waals surface area contributed by atoms with E-state index in [4.69, 9.17) is 79.6 Å². The van der Waals surface area contributed by atoms with Crippen molar-refractivity contribution in [2.24, 2.45) is 39.0 Å². The number of rotatable bonds is 42. The number of nitrogens with zero attached hydrogens (tertiary/aromatic N) is 9. The molecule has 0 spiro atoms.